The standard InChI is InChI=1S/C23H23NO3.ClH/c1-17-6-8-18(9-7-17)15-25-21-5-3-2-4-20(21)14-24-13-19-10-11-22-23(12-19)27-16-26-22;/h2-12,24H,13-16H2,1H3;1H. The van der Waals surface area contributed by atoms with E-state index in [0.29, 0.717) is 13.4 Å². The predicted octanol–water partition coefficient (Wildman–Crippen LogP) is 5.01. The van der Waals surface area contributed by atoms with Gasteiger partial charge in [0.2, 0.25) is 6.79 Å². The molecule has 1 N–H and O–H groups in total. The molecule has 5 heteroatoms. The zero-order valence-corrected chi connectivity index (χ0v) is 16.6. The summed E-state index contributed by atoms with van der Waals surface area (Å²) in [5.41, 5.74) is 4.73. The molecule has 0 unspecified atom stereocenters. The monoisotopic (exact) mass is 397 g/mol. The second-order valence-electron chi connectivity index (χ2n) is 6.67. The third-order valence-electron chi connectivity index (χ3n) is 4.57. The van der Waals surface area contributed by atoms with Gasteiger partial charge in [-0.25, -0.2) is 0 Å². The van der Waals surface area contributed by atoms with Gasteiger partial charge in [0.05, 0.1) is 0 Å². The molecule has 0 saturated carbocycles. The van der Waals surface area contributed by atoms with Crippen molar-refractivity contribution in [2.45, 2.75) is 26.6 Å². The fourth-order valence-corrected chi connectivity index (χ4v) is 3.03. The Morgan fingerprint density at radius 2 is 1.61 bits per heavy atom. The van der Waals surface area contributed by atoms with E-state index in [1.54, 1.807) is 0 Å². The van der Waals surface area contributed by atoms with Crippen molar-refractivity contribution in [1.29, 1.82) is 0 Å². The summed E-state index contributed by atoms with van der Waals surface area (Å²) in [7, 11) is 0. The second kappa shape index (κ2) is 9.49. The van der Waals surface area contributed by atoms with Crippen molar-refractivity contribution in [2.75, 3.05) is 6.79 Å². The molecular weight excluding hydrogens is 374 g/mol. The molecule has 1 aliphatic rings. The van der Waals surface area contributed by atoms with Gasteiger partial charge >= 0.3 is 0 Å². The van der Waals surface area contributed by atoms with Gasteiger partial charge in [0.25, 0.3) is 0 Å². The molecule has 0 aromatic heterocycles. The van der Waals surface area contributed by atoms with E-state index in [4.69, 9.17) is 14.2 Å². The van der Waals surface area contributed by atoms with Crippen molar-refractivity contribution in [3.05, 3.63) is 89.0 Å². The summed E-state index contributed by atoms with van der Waals surface area (Å²) >= 11 is 0. The minimum absolute atomic E-state index is 0. The first-order valence-corrected chi connectivity index (χ1v) is 9.13. The van der Waals surface area contributed by atoms with Crippen LogP contribution in [0.25, 0.3) is 0 Å². The molecule has 0 fully saturated rings. The topological polar surface area (TPSA) is 39.7 Å². The Kier molecular flexibility index (Phi) is 6.80. The summed E-state index contributed by atoms with van der Waals surface area (Å²) < 4.78 is 16.8. The molecule has 1 heterocycles. The van der Waals surface area contributed by atoms with Crippen molar-refractivity contribution in [3.63, 3.8) is 0 Å². The number of halogens is 1. The van der Waals surface area contributed by atoms with Crippen LogP contribution in [-0.2, 0) is 19.7 Å². The van der Waals surface area contributed by atoms with Crippen LogP contribution in [0.2, 0.25) is 0 Å². The van der Waals surface area contributed by atoms with Crippen molar-refractivity contribution in [3.8, 4) is 17.2 Å². The molecule has 4 nitrogen and oxygen atoms in total. The smallest absolute Gasteiger partial charge is 0.231 e. The van der Waals surface area contributed by atoms with E-state index in [1.807, 2.05) is 30.3 Å². The first-order valence-electron chi connectivity index (χ1n) is 9.13. The lowest BCUT2D eigenvalue weighted by Crippen LogP contribution is -2.13. The highest BCUT2D eigenvalue weighted by molar-refractivity contribution is 5.85. The zero-order chi connectivity index (χ0) is 18.5. The number of para-hydroxylation sites is 1. The maximum atomic E-state index is 6.05. The third-order valence-corrected chi connectivity index (χ3v) is 4.57. The predicted molar refractivity (Wildman–Crippen MR) is 112 cm³/mol. The van der Waals surface area contributed by atoms with Gasteiger partial charge in [-0.2, -0.15) is 0 Å². The molecule has 0 atom stereocenters. The van der Waals surface area contributed by atoms with Crippen LogP contribution in [0.15, 0.2) is 66.7 Å². The lowest BCUT2D eigenvalue weighted by atomic mass is 10.1. The summed E-state index contributed by atoms with van der Waals surface area (Å²) in [5, 5.41) is 3.48. The zero-order valence-electron chi connectivity index (χ0n) is 15.8. The Balaban J connectivity index is 0.00000225. The molecule has 0 bridgehead atoms. The maximum Gasteiger partial charge on any atom is 0.231 e. The quantitative estimate of drug-likeness (QED) is 0.608. The van der Waals surface area contributed by atoms with E-state index in [-0.39, 0.29) is 12.4 Å². The number of fused-ring (bicyclic) bond motifs is 1. The van der Waals surface area contributed by atoms with E-state index in [1.165, 1.54) is 11.1 Å². The molecule has 146 valence electrons. The van der Waals surface area contributed by atoms with Gasteiger partial charge in [0, 0.05) is 18.7 Å². The minimum Gasteiger partial charge on any atom is -0.489 e. The van der Waals surface area contributed by atoms with Crippen LogP contribution in [-0.4, -0.2) is 6.79 Å². The molecular formula is C23H24ClNO3. The molecule has 0 saturated heterocycles. The molecule has 3 aromatic rings. The van der Waals surface area contributed by atoms with Gasteiger partial charge in [-0.15, -0.1) is 12.4 Å². The van der Waals surface area contributed by atoms with Crippen molar-refractivity contribution in [2.24, 2.45) is 0 Å². The Hall–Kier alpha value is -2.69. The van der Waals surface area contributed by atoms with E-state index < -0.39 is 0 Å². The van der Waals surface area contributed by atoms with E-state index in [2.05, 4.69) is 48.6 Å². The summed E-state index contributed by atoms with van der Waals surface area (Å²) in [4.78, 5) is 0. The Labute approximate surface area is 171 Å². The average molecular weight is 398 g/mol. The highest BCUT2D eigenvalue weighted by atomic mass is 35.5. The summed E-state index contributed by atoms with van der Waals surface area (Å²) in [6, 6.07) is 22.6. The molecule has 4 rings (SSSR count). The fourth-order valence-electron chi connectivity index (χ4n) is 3.03. The lowest BCUT2D eigenvalue weighted by Gasteiger charge is -2.13. The van der Waals surface area contributed by atoms with Crippen LogP contribution in [0.3, 0.4) is 0 Å². The van der Waals surface area contributed by atoms with Crippen LogP contribution in [0.4, 0.5) is 0 Å². The number of nitrogens with one attached hydrogen (secondary N) is 1. The SMILES string of the molecule is Cc1ccc(COc2ccccc2CNCc2ccc3c(c2)OCO3)cc1.Cl. The Morgan fingerprint density at radius 3 is 2.46 bits per heavy atom. The highest BCUT2D eigenvalue weighted by Gasteiger charge is 2.13. The third kappa shape index (κ3) is 4.97. The number of rotatable bonds is 7. The van der Waals surface area contributed by atoms with Gasteiger partial charge < -0.3 is 19.5 Å². The molecule has 0 spiro atoms. The van der Waals surface area contributed by atoms with Crippen LogP contribution in [0.1, 0.15) is 22.3 Å². The normalized spacial score (nSPS) is 11.8. The molecule has 1 aliphatic heterocycles. The van der Waals surface area contributed by atoms with Gasteiger partial charge in [-0.05, 0) is 36.2 Å². The minimum atomic E-state index is 0. The molecule has 3 aromatic carbocycles. The number of hydrogen-bond acceptors (Lipinski definition) is 4. The van der Waals surface area contributed by atoms with Crippen LogP contribution in [0, 0.1) is 6.92 Å². The second-order valence-corrected chi connectivity index (χ2v) is 6.67. The van der Waals surface area contributed by atoms with E-state index in [9.17, 15) is 0 Å². The maximum absolute atomic E-state index is 6.05. The molecule has 0 amide bonds. The van der Waals surface area contributed by atoms with Crippen LogP contribution >= 0.6 is 12.4 Å². The Morgan fingerprint density at radius 1 is 0.857 bits per heavy atom. The fraction of sp³-hybridized carbons (Fsp3) is 0.217. The first-order chi connectivity index (χ1) is 13.3. The van der Waals surface area contributed by atoms with Crippen LogP contribution in [0.5, 0.6) is 17.2 Å². The number of ether oxygens (including phenoxy) is 3. The molecule has 0 radical (unpaired) electrons. The van der Waals surface area contributed by atoms with Crippen molar-refractivity contribution < 1.29 is 14.2 Å². The number of hydrogen-bond donors (Lipinski definition) is 1. The van der Waals surface area contributed by atoms with E-state index in [0.717, 1.165) is 41.5 Å². The van der Waals surface area contributed by atoms with Gasteiger partial charge in [0.15, 0.2) is 11.5 Å². The van der Waals surface area contributed by atoms with Crippen LogP contribution < -0.4 is 19.5 Å². The van der Waals surface area contributed by atoms with Gasteiger partial charge in [-0.1, -0.05) is 54.1 Å². The lowest BCUT2D eigenvalue weighted by molar-refractivity contribution is 0.174. The number of benzene rings is 3. The van der Waals surface area contributed by atoms with Gasteiger partial charge in [-0.3, -0.25) is 0 Å². The Bertz CT molecular complexity index is 912. The average Bonchev–Trinajstić information content (AvgIpc) is 3.16. The molecule has 28 heavy (non-hydrogen) atoms. The summed E-state index contributed by atoms with van der Waals surface area (Å²) in [6.07, 6.45) is 0. The van der Waals surface area contributed by atoms with E-state index >= 15 is 0 Å². The summed E-state index contributed by atoms with van der Waals surface area (Å²) in [5.74, 6) is 2.54. The highest BCUT2D eigenvalue weighted by Crippen LogP contribution is 2.32. The van der Waals surface area contributed by atoms with Crippen molar-refractivity contribution >= 4 is 12.4 Å². The summed E-state index contributed by atoms with van der Waals surface area (Å²) in [6.45, 7) is 4.45. The largest absolute Gasteiger partial charge is 0.489 e. The first kappa shape index (κ1) is 20.1. The molecule has 0 aliphatic carbocycles. The van der Waals surface area contributed by atoms with Gasteiger partial charge in [0.1, 0.15) is 12.4 Å². The van der Waals surface area contributed by atoms with Crippen molar-refractivity contribution in [1.82, 2.24) is 5.32 Å². The number of aryl methyl sites for hydroxylation is 1.